The molecule has 82 valence electrons. The van der Waals surface area contributed by atoms with Gasteiger partial charge in [-0.2, -0.15) is 5.10 Å². The van der Waals surface area contributed by atoms with E-state index in [0.29, 0.717) is 10.7 Å². The Labute approximate surface area is 96.0 Å². The fourth-order valence-corrected chi connectivity index (χ4v) is 1.65. The molecule has 0 fully saturated rings. The van der Waals surface area contributed by atoms with Gasteiger partial charge in [-0.05, 0) is 0 Å². The van der Waals surface area contributed by atoms with Crippen LogP contribution in [0.15, 0.2) is 36.6 Å². The minimum Gasteiger partial charge on any atom is -0.458 e. The zero-order chi connectivity index (χ0) is 11.4. The molecule has 2 rings (SSSR count). The maximum atomic E-state index is 11.4. The van der Waals surface area contributed by atoms with Gasteiger partial charge in [-0.1, -0.05) is 12.7 Å². The van der Waals surface area contributed by atoms with Gasteiger partial charge in [0.1, 0.15) is 6.61 Å². The monoisotopic (exact) mass is 235 g/mol. The summed E-state index contributed by atoms with van der Waals surface area (Å²) in [4.78, 5) is 15.5. The Morgan fingerprint density at radius 2 is 2.56 bits per heavy atom. The van der Waals surface area contributed by atoms with Crippen LogP contribution in [-0.4, -0.2) is 27.3 Å². The average Bonchev–Trinajstić information content (AvgIpc) is 2.94. The van der Waals surface area contributed by atoms with Gasteiger partial charge in [0.15, 0.2) is 0 Å². The van der Waals surface area contributed by atoms with Crippen LogP contribution < -0.4 is 0 Å². The highest BCUT2D eigenvalue weighted by Crippen LogP contribution is 2.11. The lowest BCUT2D eigenvalue weighted by Gasteiger charge is -1.97. The number of rotatable bonds is 4. The van der Waals surface area contributed by atoms with Crippen molar-refractivity contribution in [1.29, 1.82) is 0 Å². The Morgan fingerprint density at radius 1 is 1.69 bits per heavy atom. The molecule has 0 aliphatic heterocycles. The van der Waals surface area contributed by atoms with E-state index in [1.807, 2.05) is 5.38 Å². The number of carbonyl (C=O) groups excluding carboxylic acids is 1. The van der Waals surface area contributed by atoms with Gasteiger partial charge in [0.25, 0.3) is 0 Å². The van der Waals surface area contributed by atoms with Crippen molar-refractivity contribution >= 4 is 17.3 Å². The Bertz CT molecular complexity index is 490. The standard InChI is InChI=1S/C10H9N3O2S/c1-2-4-15-9(14)8-6-12-13(7-8)10-11-3-5-16-10/h2-3,5-7H,1,4H2. The third-order valence-corrected chi connectivity index (χ3v) is 2.53. The fraction of sp³-hybridized carbons (Fsp3) is 0.100. The van der Waals surface area contributed by atoms with Gasteiger partial charge in [-0.3, -0.25) is 0 Å². The molecule has 2 heterocycles. The molecule has 0 spiro atoms. The van der Waals surface area contributed by atoms with E-state index in [9.17, 15) is 4.79 Å². The molecule has 16 heavy (non-hydrogen) atoms. The molecule has 0 aliphatic carbocycles. The lowest BCUT2D eigenvalue weighted by molar-refractivity contribution is 0.0550. The summed E-state index contributed by atoms with van der Waals surface area (Å²) in [6, 6.07) is 0. The first-order valence-electron chi connectivity index (χ1n) is 4.54. The molecule has 2 aromatic heterocycles. The van der Waals surface area contributed by atoms with Crippen LogP contribution in [0, 0.1) is 0 Å². The number of carbonyl (C=O) groups is 1. The zero-order valence-electron chi connectivity index (χ0n) is 8.37. The number of esters is 1. The van der Waals surface area contributed by atoms with Crippen LogP contribution in [0.25, 0.3) is 5.13 Å². The van der Waals surface area contributed by atoms with Crippen LogP contribution in [0.5, 0.6) is 0 Å². The van der Waals surface area contributed by atoms with Gasteiger partial charge in [-0.15, -0.1) is 11.3 Å². The van der Waals surface area contributed by atoms with Gasteiger partial charge >= 0.3 is 5.97 Å². The van der Waals surface area contributed by atoms with Gasteiger partial charge in [-0.25, -0.2) is 14.5 Å². The number of nitrogens with zero attached hydrogens (tertiary/aromatic N) is 3. The fourth-order valence-electron chi connectivity index (χ4n) is 1.08. The number of hydrogen-bond donors (Lipinski definition) is 0. The molecule has 6 heteroatoms. The van der Waals surface area contributed by atoms with Gasteiger partial charge in [0, 0.05) is 17.8 Å². The summed E-state index contributed by atoms with van der Waals surface area (Å²) in [7, 11) is 0. The lowest BCUT2D eigenvalue weighted by atomic mass is 10.4. The van der Waals surface area contributed by atoms with E-state index in [1.165, 1.54) is 28.3 Å². The second-order valence-corrected chi connectivity index (χ2v) is 3.75. The highest BCUT2D eigenvalue weighted by Gasteiger charge is 2.10. The molecule has 0 unspecified atom stereocenters. The smallest absolute Gasteiger partial charge is 0.341 e. The average molecular weight is 235 g/mol. The molecule has 0 amide bonds. The minimum atomic E-state index is -0.414. The normalized spacial score (nSPS) is 10.0. The molecule has 2 aromatic rings. The predicted octanol–water partition coefficient (Wildman–Crippen LogP) is 1.67. The predicted molar refractivity (Wildman–Crippen MR) is 59.7 cm³/mol. The summed E-state index contributed by atoms with van der Waals surface area (Å²) in [5.74, 6) is -0.414. The van der Waals surface area contributed by atoms with Crippen molar-refractivity contribution in [3.63, 3.8) is 0 Å². The molecule has 0 radical (unpaired) electrons. The van der Waals surface area contributed by atoms with E-state index in [0.717, 1.165) is 0 Å². The quantitative estimate of drug-likeness (QED) is 0.597. The van der Waals surface area contributed by atoms with Crippen LogP contribution in [-0.2, 0) is 4.74 Å². The Balaban J connectivity index is 2.13. The van der Waals surface area contributed by atoms with E-state index in [2.05, 4.69) is 16.7 Å². The Hall–Kier alpha value is -1.95. The number of hydrogen-bond acceptors (Lipinski definition) is 5. The van der Waals surface area contributed by atoms with Crippen LogP contribution >= 0.6 is 11.3 Å². The number of ether oxygens (including phenoxy) is 1. The van der Waals surface area contributed by atoms with Crippen molar-refractivity contribution in [2.45, 2.75) is 0 Å². The third-order valence-electron chi connectivity index (χ3n) is 1.77. The van der Waals surface area contributed by atoms with Crippen molar-refractivity contribution in [3.8, 4) is 5.13 Å². The van der Waals surface area contributed by atoms with Crippen LogP contribution in [0.4, 0.5) is 0 Å². The molecular weight excluding hydrogens is 226 g/mol. The second-order valence-electron chi connectivity index (χ2n) is 2.88. The highest BCUT2D eigenvalue weighted by molar-refractivity contribution is 7.12. The third kappa shape index (κ3) is 2.17. The van der Waals surface area contributed by atoms with Gasteiger partial charge in [0.2, 0.25) is 5.13 Å². The lowest BCUT2D eigenvalue weighted by Crippen LogP contribution is -2.03. The highest BCUT2D eigenvalue weighted by atomic mass is 32.1. The second kappa shape index (κ2) is 4.71. The maximum Gasteiger partial charge on any atom is 0.341 e. The summed E-state index contributed by atoms with van der Waals surface area (Å²) in [5, 5.41) is 6.58. The van der Waals surface area contributed by atoms with Crippen molar-refractivity contribution < 1.29 is 9.53 Å². The summed E-state index contributed by atoms with van der Waals surface area (Å²) in [6.07, 6.45) is 6.23. The summed E-state index contributed by atoms with van der Waals surface area (Å²) < 4.78 is 6.42. The minimum absolute atomic E-state index is 0.196. The van der Waals surface area contributed by atoms with E-state index < -0.39 is 5.97 Å². The summed E-state index contributed by atoms with van der Waals surface area (Å²) >= 11 is 1.44. The number of aromatic nitrogens is 3. The van der Waals surface area contributed by atoms with Crippen molar-refractivity contribution in [1.82, 2.24) is 14.8 Å². The molecule has 0 atom stereocenters. The molecular formula is C10H9N3O2S. The number of thiazole rings is 1. The zero-order valence-corrected chi connectivity index (χ0v) is 9.18. The summed E-state index contributed by atoms with van der Waals surface area (Å²) in [6.45, 7) is 3.66. The molecule has 0 bridgehead atoms. The van der Waals surface area contributed by atoms with Crippen molar-refractivity contribution in [3.05, 3.63) is 42.2 Å². The van der Waals surface area contributed by atoms with Crippen LogP contribution in [0.2, 0.25) is 0 Å². The molecule has 0 N–H and O–H groups in total. The van der Waals surface area contributed by atoms with Gasteiger partial charge in [0.05, 0.1) is 11.8 Å². The summed E-state index contributed by atoms with van der Waals surface area (Å²) in [5.41, 5.74) is 0.400. The van der Waals surface area contributed by atoms with Gasteiger partial charge < -0.3 is 4.74 Å². The first kappa shape index (κ1) is 10.6. The molecule has 0 aromatic carbocycles. The molecule has 5 nitrogen and oxygen atoms in total. The first-order valence-corrected chi connectivity index (χ1v) is 5.42. The molecule has 0 aliphatic rings. The Morgan fingerprint density at radius 3 is 3.25 bits per heavy atom. The maximum absolute atomic E-state index is 11.4. The topological polar surface area (TPSA) is 57.0 Å². The largest absolute Gasteiger partial charge is 0.458 e. The van der Waals surface area contributed by atoms with Crippen LogP contribution in [0.1, 0.15) is 10.4 Å². The molecule has 0 saturated carbocycles. The SMILES string of the molecule is C=CCOC(=O)c1cnn(-c2nccs2)c1. The van der Waals surface area contributed by atoms with E-state index >= 15 is 0 Å². The van der Waals surface area contributed by atoms with E-state index in [1.54, 1.807) is 12.4 Å². The van der Waals surface area contributed by atoms with Crippen LogP contribution in [0.3, 0.4) is 0 Å². The Kier molecular flexibility index (Phi) is 3.11. The van der Waals surface area contributed by atoms with Crippen molar-refractivity contribution in [2.75, 3.05) is 6.61 Å². The van der Waals surface area contributed by atoms with E-state index in [4.69, 9.17) is 4.74 Å². The van der Waals surface area contributed by atoms with Crippen molar-refractivity contribution in [2.24, 2.45) is 0 Å². The first-order chi connectivity index (χ1) is 7.81. The van der Waals surface area contributed by atoms with E-state index in [-0.39, 0.29) is 6.61 Å². The molecule has 0 saturated heterocycles.